The number of hydrogen-bond donors (Lipinski definition) is 1. The van der Waals surface area contributed by atoms with Gasteiger partial charge in [0, 0.05) is 18.2 Å². The van der Waals surface area contributed by atoms with Gasteiger partial charge in [-0.1, -0.05) is 6.42 Å². The highest BCUT2D eigenvalue weighted by atomic mass is 32.1. The Labute approximate surface area is 194 Å². The zero-order valence-electron chi connectivity index (χ0n) is 19.4. The van der Waals surface area contributed by atoms with Gasteiger partial charge in [0.05, 0.1) is 27.0 Å². The first-order valence-corrected chi connectivity index (χ1v) is 12.2. The fraction of sp³-hybridized carbons (Fsp3) is 0.583. The van der Waals surface area contributed by atoms with E-state index in [4.69, 9.17) is 14.2 Å². The van der Waals surface area contributed by atoms with Crippen LogP contribution in [0.25, 0.3) is 10.6 Å². The molecule has 3 heterocycles. The number of nitrogens with zero attached hydrogens (tertiary/aromatic N) is 2. The standard InChI is InChI=1S/C24H33N3O4S/c1-15-22(23(28)25-14-16-8-7-11-27-10-6-5-9-18(16)27)32-24(26-15)17-12-19(29-2)21(31-4)20(13-17)30-3/h12-13,16,18H,5-11,14H2,1-4H3,(H,25,28)/t16-,18-/m1/s1. The molecule has 0 aliphatic carbocycles. The van der Waals surface area contributed by atoms with E-state index in [1.54, 1.807) is 21.3 Å². The van der Waals surface area contributed by atoms with E-state index in [2.05, 4.69) is 15.2 Å². The first-order chi connectivity index (χ1) is 15.5. The third-order valence-corrected chi connectivity index (χ3v) is 7.87. The second-order valence-corrected chi connectivity index (χ2v) is 9.56. The van der Waals surface area contributed by atoms with Gasteiger partial charge in [0.15, 0.2) is 11.5 Å². The van der Waals surface area contributed by atoms with E-state index in [0.29, 0.717) is 34.1 Å². The quantitative estimate of drug-likeness (QED) is 0.671. The average molecular weight is 460 g/mol. The molecule has 2 saturated heterocycles. The van der Waals surface area contributed by atoms with Crippen molar-refractivity contribution in [2.45, 2.75) is 45.1 Å². The lowest BCUT2D eigenvalue weighted by molar-refractivity contribution is 0.0576. The highest BCUT2D eigenvalue weighted by molar-refractivity contribution is 7.17. The molecular weight excluding hydrogens is 426 g/mol. The molecule has 2 aliphatic rings. The van der Waals surface area contributed by atoms with E-state index >= 15 is 0 Å². The maximum Gasteiger partial charge on any atom is 0.263 e. The van der Waals surface area contributed by atoms with Crippen molar-refractivity contribution in [3.05, 3.63) is 22.7 Å². The van der Waals surface area contributed by atoms with Gasteiger partial charge in [-0.2, -0.15) is 0 Å². The van der Waals surface area contributed by atoms with Crippen LogP contribution in [0, 0.1) is 12.8 Å². The molecule has 2 aliphatic heterocycles. The predicted molar refractivity (Wildman–Crippen MR) is 126 cm³/mol. The van der Waals surface area contributed by atoms with Crippen molar-refractivity contribution < 1.29 is 19.0 Å². The lowest BCUT2D eigenvalue weighted by Crippen LogP contribution is -2.50. The number of ether oxygens (including phenoxy) is 3. The summed E-state index contributed by atoms with van der Waals surface area (Å²) in [6, 6.07) is 4.34. The minimum absolute atomic E-state index is 0.0355. The van der Waals surface area contributed by atoms with Crippen LogP contribution in [-0.4, -0.2) is 62.8 Å². The van der Waals surface area contributed by atoms with Gasteiger partial charge in [-0.25, -0.2) is 4.98 Å². The summed E-state index contributed by atoms with van der Waals surface area (Å²) in [6.07, 6.45) is 6.28. The van der Waals surface area contributed by atoms with Gasteiger partial charge < -0.3 is 24.4 Å². The normalized spacial score (nSPS) is 21.0. The van der Waals surface area contributed by atoms with Crippen molar-refractivity contribution in [3.8, 4) is 27.8 Å². The number of methoxy groups -OCH3 is 3. The third kappa shape index (κ3) is 4.57. The summed E-state index contributed by atoms with van der Waals surface area (Å²) in [5.74, 6) is 2.17. The number of hydrogen-bond acceptors (Lipinski definition) is 7. The second kappa shape index (κ2) is 10.1. The zero-order valence-corrected chi connectivity index (χ0v) is 20.2. The fourth-order valence-corrected chi connectivity index (χ4v) is 6.02. The molecule has 0 radical (unpaired) electrons. The van der Waals surface area contributed by atoms with E-state index in [0.717, 1.165) is 22.8 Å². The molecule has 8 heteroatoms. The minimum Gasteiger partial charge on any atom is -0.493 e. The first-order valence-electron chi connectivity index (χ1n) is 11.4. The second-order valence-electron chi connectivity index (χ2n) is 8.56. The molecule has 0 spiro atoms. The maximum atomic E-state index is 13.0. The maximum absolute atomic E-state index is 13.0. The van der Waals surface area contributed by atoms with Crippen LogP contribution < -0.4 is 19.5 Å². The smallest absolute Gasteiger partial charge is 0.263 e. The van der Waals surface area contributed by atoms with Gasteiger partial charge in [0.2, 0.25) is 5.75 Å². The van der Waals surface area contributed by atoms with E-state index in [1.165, 1.54) is 56.5 Å². The number of benzene rings is 1. The Kier molecular flexibility index (Phi) is 7.20. The third-order valence-electron chi connectivity index (χ3n) is 6.67. The fourth-order valence-electron chi connectivity index (χ4n) is 5.05. The molecule has 4 rings (SSSR count). The van der Waals surface area contributed by atoms with Gasteiger partial charge in [0.1, 0.15) is 9.88 Å². The minimum atomic E-state index is -0.0355. The van der Waals surface area contributed by atoms with Crippen LogP contribution in [0.2, 0.25) is 0 Å². The van der Waals surface area contributed by atoms with Crippen LogP contribution in [-0.2, 0) is 0 Å². The largest absolute Gasteiger partial charge is 0.493 e. The molecule has 0 unspecified atom stereocenters. The van der Waals surface area contributed by atoms with Crippen molar-refractivity contribution in [2.75, 3.05) is 41.0 Å². The van der Waals surface area contributed by atoms with Crippen molar-refractivity contribution in [1.29, 1.82) is 0 Å². The van der Waals surface area contributed by atoms with E-state index < -0.39 is 0 Å². The number of carbonyl (C=O) groups is 1. The van der Waals surface area contributed by atoms with Gasteiger partial charge >= 0.3 is 0 Å². The number of nitrogens with one attached hydrogen (secondary N) is 1. The number of aryl methyl sites for hydroxylation is 1. The van der Waals surface area contributed by atoms with Crippen LogP contribution in [0.4, 0.5) is 0 Å². The Bertz CT molecular complexity index is 934. The van der Waals surface area contributed by atoms with Crippen LogP contribution in [0.1, 0.15) is 47.5 Å². The summed E-state index contributed by atoms with van der Waals surface area (Å²) in [5, 5.41) is 3.96. The Morgan fingerprint density at radius 3 is 2.50 bits per heavy atom. The predicted octanol–water partition coefficient (Wildman–Crippen LogP) is 4.14. The summed E-state index contributed by atoms with van der Waals surface area (Å²) in [5.41, 5.74) is 1.57. The Balaban J connectivity index is 1.49. The van der Waals surface area contributed by atoms with Crippen molar-refractivity contribution in [3.63, 3.8) is 0 Å². The molecule has 7 nitrogen and oxygen atoms in total. The summed E-state index contributed by atoms with van der Waals surface area (Å²) in [4.78, 5) is 21.0. The molecule has 2 atom stereocenters. The molecule has 1 amide bonds. The van der Waals surface area contributed by atoms with Crippen LogP contribution in [0.5, 0.6) is 17.2 Å². The Hall–Kier alpha value is -2.32. The van der Waals surface area contributed by atoms with Gasteiger partial charge in [0.25, 0.3) is 5.91 Å². The number of thiazole rings is 1. The van der Waals surface area contributed by atoms with E-state index in [1.807, 2.05) is 19.1 Å². The zero-order chi connectivity index (χ0) is 22.7. The van der Waals surface area contributed by atoms with Crippen LogP contribution in [0.3, 0.4) is 0 Å². The highest BCUT2D eigenvalue weighted by Gasteiger charge is 2.33. The molecule has 32 heavy (non-hydrogen) atoms. The van der Waals surface area contributed by atoms with Gasteiger partial charge in [-0.3, -0.25) is 4.79 Å². The Morgan fingerprint density at radius 2 is 1.81 bits per heavy atom. The van der Waals surface area contributed by atoms with Crippen molar-refractivity contribution in [2.24, 2.45) is 5.92 Å². The number of fused-ring (bicyclic) bond motifs is 1. The number of rotatable bonds is 7. The number of amides is 1. The van der Waals surface area contributed by atoms with Gasteiger partial charge in [-0.05, 0) is 63.7 Å². The van der Waals surface area contributed by atoms with Crippen molar-refractivity contribution in [1.82, 2.24) is 15.2 Å². The van der Waals surface area contributed by atoms with Crippen molar-refractivity contribution >= 4 is 17.2 Å². The molecular formula is C24H33N3O4S. The molecule has 1 aromatic heterocycles. The van der Waals surface area contributed by atoms with Crippen LogP contribution in [0.15, 0.2) is 12.1 Å². The molecule has 174 valence electrons. The number of piperidine rings is 2. The van der Waals surface area contributed by atoms with Crippen LogP contribution >= 0.6 is 11.3 Å². The number of aromatic nitrogens is 1. The molecule has 0 saturated carbocycles. The monoisotopic (exact) mass is 459 g/mol. The summed E-state index contributed by atoms with van der Waals surface area (Å²) in [7, 11) is 4.76. The summed E-state index contributed by atoms with van der Waals surface area (Å²) >= 11 is 1.40. The van der Waals surface area contributed by atoms with Gasteiger partial charge in [-0.15, -0.1) is 11.3 Å². The summed E-state index contributed by atoms with van der Waals surface area (Å²) in [6.45, 7) is 5.04. The molecule has 2 aromatic rings. The topological polar surface area (TPSA) is 72.9 Å². The number of carbonyl (C=O) groups excluding carboxylic acids is 1. The molecule has 1 aromatic carbocycles. The van der Waals surface area contributed by atoms with E-state index in [9.17, 15) is 4.79 Å². The summed E-state index contributed by atoms with van der Waals surface area (Å²) < 4.78 is 16.3. The highest BCUT2D eigenvalue weighted by Crippen LogP contribution is 2.42. The SMILES string of the molecule is COc1cc(-c2nc(C)c(C(=O)NC[C@H]3CCCN4CCCC[C@H]34)s2)cc(OC)c1OC. The lowest BCUT2D eigenvalue weighted by Gasteiger charge is -2.44. The lowest BCUT2D eigenvalue weighted by atomic mass is 9.83. The van der Waals surface area contributed by atoms with E-state index in [-0.39, 0.29) is 5.91 Å². The Morgan fingerprint density at radius 1 is 1.09 bits per heavy atom. The molecule has 0 bridgehead atoms. The first kappa shape index (κ1) is 22.9. The average Bonchev–Trinajstić information content (AvgIpc) is 3.23. The molecule has 2 fully saturated rings. The molecule has 1 N–H and O–H groups in total.